The first-order chi connectivity index (χ1) is 14.5. The van der Waals surface area contributed by atoms with E-state index < -0.39 is 11.8 Å². The van der Waals surface area contributed by atoms with Crippen molar-refractivity contribution in [2.45, 2.75) is 6.92 Å². The zero-order valence-electron chi connectivity index (χ0n) is 16.3. The minimum Gasteiger partial charge on any atom is -0.495 e. The van der Waals surface area contributed by atoms with Gasteiger partial charge in [0.15, 0.2) is 16.6 Å². The third-order valence-corrected chi connectivity index (χ3v) is 4.82. The van der Waals surface area contributed by atoms with E-state index in [-0.39, 0.29) is 17.5 Å². The van der Waals surface area contributed by atoms with Crippen LogP contribution in [0.15, 0.2) is 42.0 Å². The van der Waals surface area contributed by atoms with E-state index in [0.717, 1.165) is 0 Å². The summed E-state index contributed by atoms with van der Waals surface area (Å²) in [6.45, 7) is 2.32. The molecule has 0 saturated carbocycles. The normalized spacial score (nSPS) is 16.7. The van der Waals surface area contributed by atoms with Crippen molar-refractivity contribution < 1.29 is 28.5 Å². The largest absolute Gasteiger partial charge is 0.495 e. The number of rotatable bonds is 5. The molecular formula is C21H18N2O6S. The zero-order chi connectivity index (χ0) is 21.3. The van der Waals surface area contributed by atoms with Crippen molar-refractivity contribution in [3.63, 3.8) is 0 Å². The van der Waals surface area contributed by atoms with Gasteiger partial charge in [0.1, 0.15) is 17.1 Å². The van der Waals surface area contributed by atoms with Crippen LogP contribution in [0.2, 0.25) is 0 Å². The molecule has 0 spiro atoms. The van der Waals surface area contributed by atoms with Crippen molar-refractivity contribution in [3.05, 3.63) is 47.5 Å². The number of nitrogens with zero attached hydrogens (tertiary/aromatic N) is 1. The second kappa shape index (κ2) is 8.03. The molecule has 1 N–H and O–H groups in total. The number of methoxy groups -OCH3 is 1. The summed E-state index contributed by atoms with van der Waals surface area (Å²) >= 11 is 5.25. The van der Waals surface area contributed by atoms with Gasteiger partial charge < -0.3 is 18.9 Å². The molecule has 2 heterocycles. The van der Waals surface area contributed by atoms with Crippen LogP contribution in [-0.2, 0) is 9.59 Å². The number of carbonyl (C=O) groups is 2. The van der Waals surface area contributed by atoms with Crippen molar-refractivity contribution >= 4 is 40.9 Å². The summed E-state index contributed by atoms with van der Waals surface area (Å²) in [4.78, 5) is 27.1. The van der Waals surface area contributed by atoms with E-state index in [0.29, 0.717) is 40.9 Å². The van der Waals surface area contributed by atoms with Gasteiger partial charge in [0.2, 0.25) is 6.79 Å². The van der Waals surface area contributed by atoms with Crippen LogP contribution in [0.25, 0.3) is 6.08 Å². The zero-order valence-corrected chi connectivity index (χ0v) is 17.1. The second-order valence-electron chi connectivity index (χ2n) is 6.31. The lowest BCUT2D eigenvalue weighted by molar-refractivity contribution is -0.122. The number of carbonyl (C=O) groups excluding carboxylic acids is 2. The first-order valence-electron chi connectivity index (χ1n) is 9.14. The molecule has 0 bridgehead atoms. The van der Waals surface area contributed by atoms with Crippen LogP contribution in [0.4, 0.5) is 5.69 Å². The highest BCUT2D eigenvalue weighted by atomic mass is 32.1. The Hall–Kier alpha value is -3.59. The first kappa shape index (κ1) is 19.7. The molecule has 0 atom stereocenters. The molecule has 9 heteroatoms. The van der Waals surface area contributed by atoms with Gasteiger partial charge in [-0.1, -0.05) is 12.1 Å². The van der Waals surface area contributed by atoms with E-state index in [9.17, 15) is 9.59 Å². The van der Waals surface area contributed by atoms with Crippen LogP contribution in [0.1, 0.15) is 12.5 Å². The molecular weight excluding hydrogens is 408 g/mol. The Balaban J connectivity index is 1.79. The van der Waals surface area contributed by atoms with E-state index in [1.165, 1.54) is 18.1 Å². The molecule has 2 aromatic rings. The lowest BCUT2D eigenvalue weighted by atomic mass is 10.1. The standard InChI is InChI=1S/C21H18N2O6S/c1-3-27-16-10-18-17(28-11-29-18)9-12(16)8-13-19(24)22-21(30)23(20(13)25)14-6-4-5-7-15(14)26-2/h4-10H,3,11H2,1-2H3,(H,22,24,30)/b13-8-. The van der Waals surface area contributed by atoms with Crippen molar-refractivity contribution in [3.8, 4) is 23.0 Å². The summed E-state index contributed by atoms with van der Waals surface area (Å²) in [6, 6.07) is 10.3. The highest BCUT2D eigenvalue weighted by Crippen LogP contribution is 2.39. The number of hydrogen-bond acceptors (Lipinski definition) is 7. The fourth-order valence-corrected chi connectivity index (χ4v) is 3.45. The van der Waals surface area contributed by atoms with Crippen molar-refractivity contribution in [1.29, 1.82) is 0 Å². The van der Waals surface area contributed by atoms with Crippen LogP contribution >= 0.6 is 12.2 Å². The monoisotopic (exact) mass is 426 g/mol. The number of benzene rings is 2. The van der Waals surface area contributed by atoms with Gasteiger partial charge in [0.25, 0.3) is 11.8 Å². The van der Waals surface area contributed by atoms with Gasteiger partial charge in [-0.15, -0.1) is 0 Å². The molecule has 0 unspecified atom stereocenters. The van der Waals surface area contributed by atoms with Crippen molar-refractivity contribution in [2.75, 3.05) is 25.4 Å². The van der Waals surface area contributed by atoms with Crippen molar-refractivity contribution in [2.24, 2.45) is 0 Å². The molecule has 2 aromatic carbocycles. The number of amides is 2. The summed E-state index contributed by atoms with van der Waals surface area (Å²) in [6.07, 6.45) is 1.45. The lowest BCUT2D eigenvalue weighted by Crippen LogP contribution is -2.54. The Kier molecular flexibility index (Phi) is 5.28. The summed E-state index contributed by atoms with van der Waals surface area (Å²) < 4.78 is 21.8. The van der Waals surface area contributed by atoms with Crippen molar-refractivity contribution in [1.82, 2.24) is 5.32 Å². The Bertz CT molecular complexity index is 1080. The van der Waals surface area contributed by atoms with Gasteiger partial charge in [0.05, 0.1) is 19.4 Å². The third kappa shape index (κ3) is 3.43. The van der Waals surface area contributed by atoms with E-state index in [1.807, 2.05) is 6.92 Å². The van der Waals surface area contributed by atoms with Gasteiger partial charge in [-0.3, -0.25) is 14.9 Å². The summed E-state index contributed by atoms with van der Waals surface area (Å²) in [7, 11) is 1.49. The SMILES string of the molecule is CCOc1cc2c(cc1/C=C1/C(=O)NC(=S)N(c3ccccc3OC)C1=O)OCO2. The topological polar surface area (TPSA) is 86.3 Å². The highest BCUT2D eigenvalue weighted by molar-refractivity contribution is 7.80. The van der Waals surface area contributed by atoms with Gasteiger partial charge >= 0.3 is 0 Å². The molecule has 1 saturated heterocycles. The minimum absolute atomic E-state index is 0.0256. The van der Waals surface area contributed by atoms with Gasteiger partial charge in [-0.2, -0.15) is 0 Å². The fourth-order valence-electron chi connectivity index (χ4n) is 3.18. The number of anilines is 1. The maximum Gasteiger partial charge on any atom is 0.270 e. The van der Waals surface area contributed by atoms with Crippen LogP contribution in [-0.4, -0.2) is 37.4 Å². The van der Waals surface area contributed by atoms with E-state index in [4.69, 9.17) is 31.2 Å². The first-order valence-corrected chi connectivity index (χ1v) is 9.55. The maximum atomic E-state index is 13.3. The number of ether oxygens (including phenoxy) is 4. The molecule has 154 valence electrons. The van der Waals surface area contributed by atoms with Crippen LogP contribution in [0.3, 0.4) is 0 Å². The predicted molar refractivity (Wildman–Crippen MR) is 113 cm³/mol. The Labute approximate surface area is 178 Å². The number of fused-ring (bicyclic) bond motifs is 1. The molecule has 2 aliphatic rings. The quantitative estimate of drug-likeness (QED) is 0.447. The van der Waals surface area contributed by atoms with E-state index in [1.54, 1.807) is 36.4 Å². The van der Waals surface area contributed by atoms with Gasteiger partial charge in [0, 0.05) is 11.6 Å². The van der Waals surface area contributed by atoms with Crippen LogP contribution in [0, 0.1) is 0 Å². The average Bonchev–Trinajstić information content (AvgIpc) is 3.18. The smallest absolute Gasteiger partial charge is 0.270 e. The number of thiocarbonyl (C=S) groups is 1. The lowest BCUT2D eigenvalue weighted by Gasteiger charge is -2.29. The molecule has 1 fully saturated rings. The maximum absolute atomic E-state index is 13.3. The molecule has 0 radical (unpaired) electrons. The molecule has 4 rings (SSSR count). The molecule has 30 heavy (non-hydrogen) atoms. The molecule has 0 aliphatic carbocycles. The van der Waals surface area contributed by atoms with Gasteiger partial charge in [-0.25, -0.2) is 4.90 Å². The average molecular weight is 426 g/mol. The van der Waals surface area contributed by atoms with E-state index >= 15 is 0 Å². The summed E-state index contributed by atoms with van der Waals surface area (Å²) in [5, 5.41) is 2.54. The highest BCUT2D eigenvalue weighted by Gasteiger charge is 2.36. The number of para-hydroxylation sites is 2. The predicted octanol–water partition coefficient (Wildman–Crippen LogP) is 2.65. The Morgan fingerprint density at radius 3 is 2.63 bits per heavy atom. The molecule has 2 aliphatic heterocycles. The summed E-state index contributed by atoms with van der Waals surface area (Å²) in [5.41, 5.74) is 0.832. The fraction of sp³-hybridized carbons (Fsp3) is 0.190. The summed E-state index contributed by atoms with van der Waals surface area (Å²) in [5.74, 6) is 0.779. The molecule has 0 aromatic heterocycles. The number of nitrogens with one attached hydrogen (secondary N) is 1. The van der Waals surface area contributed by atoms with E-state index in [2.05, 4.69) is 5.32 Å². The van der Waals surface area contributed by atoms with Crippen LogP contribution < -0.4 is 29.2 Å². The third-order valence-electron chi connectivity index (χ3n) is 4.53. The number of hydrogen-bond donors (Lipinski definition) is 1. The Morgan fingerprint density at radius 2 is 1.90 bits per heavy atom. The van der Waals surface area contributed by atoms with Gasteiger partial charge in [-0.05, 0) is 43.4 Å². The second-order valence-corrected chi connectivity index (χ2v) is 6.69. The molecule has 8 nitrogen and oxygen atoms in total. The van der Waals surface area contributed by atoms with Crippen LogP contribution in [0.5, 0.6) is 23.0 Å². The molecule has 2 amide bonds. The minimum atomic E-state index is -0.601. The Morgan fingerprint density at radius 1 is 1.17 bits per heavy atom.